The van der Waals surface area contributed by atoms with Crippen LogP contribution in [0.25, 0.3) is 0 Å². The highest BCUT2D eigenvalue weighted by Crippen LogP contribution is 2.34. The molecular formula is C26H36F3N5O4. The zero-order chi connectivity index (χ0) is 28.4. The third-order valence-electron chi connectivity index (χ3n) is 6.47. The number of likely N-dealkylation sites (N-methyl/N-ethyl adjacent to an activating group) is 1. The molecule has 1 fully saturated rings. The van der Waals surface area contributed by atoms with E-state index in [1.54, 1.807) is 11.8 Å². The molecule has 1 aromatic carbocycles. The highest BCUT2D eigenvalue weighted by atomic mass is 19.4. The lowest BCUT2D eigenvalue weighted by Gasteiger charge is -2.43. The van der Waals surface area contributed by atoms with E-state index in [2.05, 4.69) is 10.6 Å². The summed E-state index contributed by atoms with van der Waals surface area (Å²) in [5.41, 5.74) is -0.313. The van der Waals surface area contributed by atoms with Gasteiger partial charge in [-0.1, -0.05) is 12.1 Å². The van der Waals surface area contributed by atoms with Gasteiger partial charge < -0.3 is 20.3 Å². The summed E-state index contributed by atoms with van der Waals surface area (Å²) in [6, 6.07) is 2.59. The zero-order valence-electron chi connectivity index (χ0n) is 22.6. The Morgan fingerprint density at radius 3 is 2.29 bits per heavy atom. The molecule has 0 bridgehead atoms. The minimum absolute atomic E-state index is 0.0889. The number of esters is 1. The first-order valence-corrected chi connectivity index (χ1v) is 12.5. The van der Waals surface area contributed by atoms with Gasteiger partial charge in [-0.05, 0) is 52.3 Å². The topological polar surface area (TPSA) is 94.2 Å². The molecule has 38 heavy (non-hydrogen) atoms. The highest BCUT2D eigenvalue weighted by Gasteiger charge is 2.39. The molecule has 1 saturated heterocycles. The summed E-state index contributed by atoms with van der Waals surface area (Å²) in [7, 11) is 1.53. The van der Waals surface area contributed by atoms with E-state index in [9.17, 15) is 27.6 Å². The molecule has 2 aliphatic heterocycles. The van der Waals surface area contributed by atoms with Crippen LogP contribution in [0.3, 0.4) is 0 Å². The molecule has 1 aromatic rings. The Balaban J connectivity index is 1.91. The van der Waals surface area contributed by atoms with Crippen molar-refractivity contribution in [1.29, 1.82) is 0 Å². The van der Waals surface area contributed by atoms with Crippen LogP contribution in [-0.2, 0) is 15.7 Å². The molecule has 210 valence electrons. The van der Waals surface area contributed by atoms with Crippen LogP contribution in [0.1, 0.15) is 51.8 Å². The van der Waals surface area contributed by atoms with E-state index < -0.39 is 29.8 Å². The Morgan fingerprint density at radius 1 is 1.13 bits per heavy atom. The Kier molecular flexibility index (Phi) is 8.65. The summed E-state index contributed by atoms with van der Waals surface area (Å²) in [6.45, 7) is 11.1. The van der Waals surface area contributed by atoms with Crippen molar-refractivity contribution in [1.82, 2.24) is 25.3 Å². The van der Waals surface area contributed by atoms with Crippen LogP contribution < -0.4 is 10.6 Å². The monoisotopic (exact) mass is 539 g/mol. The fourth-order valence-corrected chi connectivity index (χ4v) is 4.60. The van der Waals surface area contributed by atoms with Crippen LogP contribution in [-0.4, -0.2) is 84.1 Å². The summed E-state index contributed by atoms with van der Waals surface area (Å²) in [4.78, 5) is 43.9. The van der Waals surface area contributed by atoms with Crippen molar-refractivity contribution in [2.75, 3.05) is 39.8 Å². The van der Waals surface area contributed by atoms with Gasteiger partial charge in [0.2, 0.25) is 0 Å². The van der Waals surface area contributed by atoms with Crippen molar-refractivity contribution in [3.8, 4) is 0 Å². The van der Waals surface area contributed by atoms with Gasteiger partial charge in [-0.25, -0.2) is 14.4 Å². The number of rotatable bonds is 5. The second-order valence-corrected chi connectivity index (χ2v) is 10.6. The number of nitrogens with one attached hydrogen (secondary N) is 2. The van der Waals surface area contributed by atoms with Crippen LogP contribution >= 0.6 is 0 Å². The molecule has 2 heterocycles. The minimum atomic E-state index is -4.51. The van der Waals surface area contributed by atoms with Crippen LogP contribution in [0, 0.1) is 0 Å². The quantitative estimate of drug-likeness (QED) is 0.557. The first kappa shape index (κ1) is 29.3. The number of hydrogen-bond donors (Lipinski definition) is 2. The number of hydrogen-bond acceptors (Lipinski definition) is 5. The molecule has 2 aliphatic rings. The molecule has 4 amide bonds. The number of carbonyl (C=O) groups is 3. The lowest BCUT2D eigenvalue weighted by molar-refractivity contribution is -0.139. The van der Waals surface area contributed by atoms with Gasteiger partial charge in [-0.2, -0.15) is 13.2 Å². The third kappa shape index (κ3) is 6.77. The van der Waals surface area contributed by atoms with Crippen molar-refractivity contribution >= 4 is 18.0 Å². The smallest absolute Gasteiger partial charge is 0.416 e. The predicted octanol–water partition coefficient (Wildman–Crippen LogP) is 3.73. The normalized spacial score (nSPS) is 21.3. The summed E-state index contributed by atoms with van der Waals surface area (Å²) < 4.78 is 44.6. The molecule has 0 aliphatic carbocycles. The molecule has 3 rings (SSSR count). The van der Waals surface area contributed by atoms with Crippen molar-refractivity contribution < 1.29 is 32.3 Å². The van der Waals surface area contributed by atoms with E-state index in [-0.39, 0.29) is 36.3 Å². The molecule has 0 unspecified atom stereocenters. The summed E-state index contributed by atoms with van der Waals surface area (Å²) in [5.74, 6) is -0.657. The number of urea groups is 2. The maximum absolute atomic E-state index is 13.1. The summed E-state index contributed by atoms with van der Waals surface area (Å²) in [6.07, 6.45) is -4.51. The number of piperazine rings is 1. The zero-order valence-corrected chi connectivity index (χ0v) is 22.6. The van der Waals surface area contributed by atoms with E-state index in [0.29, 0.717) is 30.9 Å². The Labute approximate surface area is 221 Å². The van der Waals surface area contributed by atoms with Gasteiger partial charge in [-0.15, -0.1) is 0 Å². The number of carbonyl (C=O) groups excluding carboxylic acids is 3. The number of amides is 4. The second-order valence-electron chi connectivity index (χ2n) is 10.6. The predicted molar refractivity (Wildman–Crippen MR) is 135 cm³/mol. The van der Waals surface area contributed by atoms with Gasteiger partial charge in [0.1, 0.15) is 0 Å². The number of alkyl halides is 3. The SMILES string of the molecule is CCOC(=O)C1=C(CN2CCN(C(=O)NC(C)(C)C)[C@H](C)C2)N(C)C(=O)N[C@H]1c1ccc(C(F)(F)F)cc1. The largest absolute Gasteiger partial charge is 0.463 e. The maximum Gasteiger partial charge on any atom is 0.416 e. The van der Waals surface area contributed by atoms with Gasteiger partial charge in [0, 0.05) is 50.5 Å². The first-order chi connectivity index (χ1) is 17.6. The van der Waals surface area contributed by atoms with Crippen LogP contribution in [0.5, 0.6) is 0 Å². The molecule has 9 nitrogen and oxygen atoms in total. The molecular weight excluding hydrogens is 503 g/mol. The Bertz CT molecular complexity index is 1080. The lowest BCUT2D eigenvalue weighted by Crippen LogP contribution is -2.59. The molecule has 0 aromatic heterocycles. The third-order valence-corrected chi connectivity index (χ3v) is 6.47. The lowest BCUT2D eigenvalue weighted by atomic mass is 9.93. The van der Waals surface area contributed by atoms with Crippen LogP contribution in [0.2, 0.25) is 0 Å². The fraction of sp³-hybridized carbons (Fsp3) is 0.577. The minimum Gasteiger partial charge on any atom is -0.463 e. The van der Waals surface area contributed by atoms with E-state index in [1.807, 2.05) is 32.6 Å². The average molecular weight is 540 g/mol. The highest BCUT2D eigenvalue weighted by molar-refractivity contribution is 5.95. The van der Waals surface area contributed by atoms with Crippen molar-refractivity contribution in [2.24, 2.45) is 0 Å². The Morgan fingerprint density at radius 2 is 1.76 bits per heavy atom. The summed E-state index contributed by atoms with van der Waals surface area (Å²) >= 11 is 0. The fourth-order valence-electron chi connectivity index (χ4n) is 4.60. The molecule has 2 N–H and O–H groups in total. The van der Waals surface area contributed by atoms with Gasteiger partial charge in [0.05, 0.1) is 23.8 Å². The summed E-state index contributed by atoms with van der Waals surface area (Å²) in [5, 5.41) is 5.69. The molecule has 0 saturated carbocycles. The molecule has 2 atom stereocenters. The van der Waals surface area contributed by atoms with E-state index in [1.165, 1.54) is 24.1 Å². The van der Waals surface area contributed by atoms with Crippen LogP contribution in [0.15, 0.2) is 35.5 Å². The standard InChI is InChI=1S/C26H36F3N5O4/c1-7-38-22(35)20-19(15-33-12-13-34(16(2)14-33)24(37)31-25(3,4)5)32(6)23(36)30-21(20)17-8-10-18(11-9-17)26(27,28)29/h8-11,16,21H,7,12-15H2,1-6H3,(H,30,36)(H,31,37)/t16-,21+/m1/s1. The molecule has 0 radical (unpaired) electrons. The van der Waals surface area contributed by atoms with Gasteiger partial charge in [0.15, 0.2) is 0 Å². The van der Waals surface area contributed by atoms with E-state index in [0.717, 1.165) is 12.1 Å². The number of ether oxygens (including phenoxy) is 1. The van der Waals surface area contributed by atoms with E-state index >= 15 is 0 Å². The van der Waals surface area contributed by atoms with Gasteiger partial charge >= 0.3 is 24.2 Å². The maximum atomic E-state index is 13.1. The van der Waals surface area contributed by atoms with E-state index in [4.69, 9.17) is 4.74 Å². The first-order valence-electron chi connectivity index (χ1n) is 12.5. The molecule has 0 spiro atoms. The number of nitrogens with zero attached hydrogens (tertiary/aromatic N) is 3. The van der Waals surface area contributed by atoms with Gasteiger partial charge in [-0.3, -0.25) is 9.80 Å². The number of benzene rings is 1. The van der Waals surface area contributed by atoms with Gasteiger partial charge in [0.25, 0.3) is 0 Å². The second kappa shape index (κ2) is 11.2. The van der Waals surface area contributed by atoms with Crippen molar-refractivity contribution in [3.05, 3.63) is 46.7 Å². The Hall–Kier alpha value is -3.28. The van der Waals surface area contributed by atoms with Crippen molar-refractivity contribution in [3.63, 3.8) is 0 Å². The van der Waals surface area contributed by atoms with Crippen LogP contribution in [0.4, 0.5) is 22.8 Å². The number of halogens is 3. The molecule has 12 heteroatoms. The average Bonchev–Trinajstić information content (AvgIpc) is 2.80. The van der Waals surface area contributed by atoms with Crippen molar-refractivity contribution in [2.45, 2.75) is 58.4 Å².